The number of halogens is 2. The average Bonchev–Trinajstić information content (AvgIpc) is 2.72. The van der Waals surface area contributed by atoms with Crippen molar-refractivity contribution in [2.45, 2.75) is 6.61 Å². The highest BCUT2D eigenvalue weighted by molar-refractivity contribution is 9.10. The summed E-state index contributed by atoms with van der Waals surface area (Å²) in [5, 5.41) is 0. The topological polar surface area (TPSA) is 40.0 Å². The number of benzene rings is 3. The van der Waals surface area contributed by atoms with Gasteiger partial charge in [0.05, 0.1) is 24.4 Å². The molecule has 0 aromatic heterocycles. The summed E-state index contributed by atoms with van der Waals surface area (Å²) in [5.41, 5.74) is 2.81. The summed E-state index contributed by atoms with van der Waals surface area (Å²) in [6, 6.07) is 19.4. The molecule has 0 saturated heterocycles. The van der Waals surface area contributed by atoms with Crippen molar-refractivity contribution in [3.8, 4) is 17.2 Å². The molecule has 0 saturated carbocycles. The summed E-state index contributed by atoms with van der Waals surface area (Å²) in [6.07, 6.45) is 1.79. The molecule has 0 fully saturated rings. The molecule has 144 valence electrons. The first-order chi connectivity index (χ1) is 13.6. The van der Waals surface area contributed by atoms with Crippen LogP contribution in [-0.2, 0) is 6.61 Å². The molecule has 0 spiro atoms. The number of hydrogen-bond acceptors (Lipinski definition) is 4. The van der Waals surface area contributed by atoms with Gasteiger partial charge in [-0.2, -0.15) is 0 Å². The lowest BCUT2D eigenvalue weighted by Crippen LogP contribution is -1.99. The van der Waals surface area contributed by atoms with Crippen molar-refractivity contribution in [2.24, 2.45) is 4.99 Å². The Morgan fingerprint density at radius 3 is 2.25 bits per heavy atom. The van der Waals surface area contributed by atoms with Gasteiger partial charge in [0.2, 0.25) is 0 Å². The molecule has 0 radical (unpaired) electrons. The molecule has 0 bridgehead atoms. The Balaban J connectivity index is 1.76. The van der Waals surface area contributed by atoms with Crippen LogP contribution >= 0.6 is 31.9 Å². The minimum Gasteiger partial charge on any atom is -0.497 e. The lowest BCUT2D eigenvalue weighted by Gasteiger charge is -2.13. The summed E-state index contributed by atoms with van der Waals surface area (Å²) in [5.74, 6) is 2.10. The van der Waals surface area contributed by atoms with Crippen LogP contribution in [-0.4, -0.2) is 20.4 Å². The van der Waals surface area contributed by atoms with E-state index in [0.717, 1.165) is 31.5 Å². The van der Waals surface area contributed by atoms with Crippen molar-refractivity contribution in [3.63, 3.8) is 0 Å². The van der Waals surface area contributed by atoms with Crippen molar-refractivity contribution in [1.29, 1.82) is 0 Å². The van der Waals surface area contributed by atoms with Gasteiger partial charge in [0.25, 0.3) is 0 Å². The van der Waals surface area contributed by atoms with Gasteiger partial charge in [-0.15, -0.1) is 0 Å². The summed E-state index contributed by atoms with van der Waals surface area (Å²) in [6.45, 7) is 0.446. The van der Waals surface area contributed by atoms with Crippen LogP contribution in [0.3, 0.4) is 0 Å². The van der Waals surface area contributed by atoms with Crippen LogP contribution in [0.5, 0.6) is 17.2 Å². The number of aliphatic imine (C=N–C) groups is 1. The molecule has 6 heteroatoms. The molecule has 0 N–H and O–H groups in total. The number of rotatable bonds is 7. The van der Waals surface area contributed by atoms with Crippen LogP contribution in [0.25, 0.3) is 0 Å². The van der Waals surface area contributed by atoms with E-state index in [1.165, 1.54) is 0 Å². The van der Waals surface area contributed by atoms with E-state index in [1.54, 1.807) is 20.4 Å². The molecule has 0 aliphatic heterocycles. The van der Waals surface area contributed by atoms with Crippen molar-refractivity contribution in [3.05, 3.63) is 80.7 Å². The smallest absolute Gasteiger partial charge is 0.175 e. The summed E-state index contributed by atoms with van der Waals surface area (Å²) in [7, 11) is 3.26. The highest BCUT2D eigenvalue weighted by Gasteiger charge is 2.11. The lowest BCUT2D eigenvalue weighted by atomic mass is 10.2. The van der Waals surface area contributed by atoms with E-state index in [1.807, 2.05) is 60.7 Å². The van der Waals surface area contributed by atoms with Gasteiger partial charge in [0.1, 0.15) is 12.4 Å². The molecular formula is C22H19Br2NO3. The maximum absolute atomic E-state index is 5.98. The normalized spacial score (nSPS) is 10.9. The zero-order chi connectivity index (χ0) is 19.9. The van der Waals surface area contributed by atoms with Gasteiger partial charge in [0.15, 0.2) is 11.5 Å². The van der Waals surface area contributed by atoms with Gasteiger partial charge in [-0.1, -0.05) is 28.1 Å². The molecular weight excluding hydrogens is 486 g/mol. The molecule has 0 aliphatic rings. The van der Waals surface area contributed by atoms with Crippen LogP contribution < -0.4 is 14.2 Å². The zero-order valence-electron chi connectivity index (χ0n) is 15.5. The number of hydrogen-bond donors (Lipinski definition) is 0. The number of nitrogens with zero attached hydrogens (tertiary/aromatic N) is 1. The van der Waals surface area contributed by atoms with E-state index in [4.69, 9.17) is 14.2 Å². The number of methoxy groups -OCH3 is 2. The lowest BCUT2D eigenvalue weighted by molar-refractivity contribution is 0.282. The molecule has 0 aliphatic carbocycles. The third kappa shape index (κ3) is 5.36. The monoisotopic (exact) mass is 503 g/mol. The Kier molecular flexibility index (Phi) is 7.12. The van der Waals surface area contributed by atoms with Gasteiger partial charge in [0, 0.05) is 10.7 Å². The zero-order valence-corrected chi connectivity index (χ0v) is 18.7. The standard InChI is InChI=1S/C22H19Br2NO3/c1-26-19-9-7-18(8-10-19)25-13-16-11-20(24)22(21(12-16)27-2)28-14-15-3-5-17(23)6-4-15/h3-13H,14H2,1-2H3. The first-order valence-electron chi connectivity index (χ1n) is 8.52. The average molecular weight is 505 g/mol. The van der Waals surface area contributed by atoms with Gasteiger partial charge >= 0.3 is 0 Å². The molecule has 3 aromatic rings. The molecule has 4 nitrogen and oxygen atoms in total. The van der Waals surface area contributed by atoms with Gasteiger partial charge in [-0.05, 0) is 75.6 Å². The molecule has 3 rings (SSSR count). The van der Waals surface area contributed by atoms with E-state index in [2.05, 4.69) is 36.9 Å². The Labute approximate surface area is 181 Å². The van der Waals surface area contributed by atoms with Crippen molar-refractivity contribution >= 4 is 43.8 Å². The van der Waals surface area contributed by atoms with Gasteiger partial charge in [-0.3, -0.25) is 4.99 Å². The van der Waals surface area contributed by atoms with E-state index >= 15 is 0 Å². The van der Waals surface area contributed by atoms with Gasteiger partial charge in [-0.25, -0.2) is 0 Å². The van der Waals surface area contributed by atoms with Crippen LogP contribution in [0.15, 0.2) is 74.6 Å². The Hall–Kier alpha value is -2.31. The minimum absolute atomic E-state index is 0.446. The molecule has 0 heterocycles. The third-order valence-electron chi connectivity index (χ3n) is 3.98. The van der Waals surface area contributed by atoms with Crippen molar-refractivity contribution in [1.82, 2.24) is 0 Å². The third-order valence-corrected chi connectivity index (χ3v) is 5.10. The van der Waals surface area contributed by atoms with E-state index < -0.39 is 0 Å². The summed E-state index contributed by atoms with van der Waals surface area (Å²) >= 11 is 7.01. The fourth-order valence-electron chi connectivity index (χ4n) is 2.51. The van der Waals surface area contributed by atoms with Crippen molar-refractivity contribution < 1.29 is 14.2 Å². The minimum atomic E-state index is 0.446. The second-order valence-electron chi connectivity index (χ2n) is 5.91. The molecule has 3 aromatic carbocycles. The Morgan fingerprint density at radius 2 is 1.61 bits per heavy atom. The van der Waals surface area contributed by atoms with Crippen LogP contribution in [0.2, 0.25) is 0 Å². The van der Waals surface area contributed by atoms with E-state index in [0.29, 0.717) is 18.1 Å². The largest absolute Gasteiger partial charge is 0.497 e. The Morgan fingerprint density at radius 1 is 0.893 bits per heavy atom. The molecule has 0 amide bonds. The summed E-state index contributed by atoms with van der Waals surface area (Å²) < 4.78 is 18.5. The molecule has 0 atom stereocenters. The highest BCUT2D eigenvalue weighted by atomic mass is 79.9. The van der Waals surface area contributed by atoms with Crippen LogP contribution in [0, 0.1) is 0 Å². The Bertz CT molecular complexity index is 955. The first kappa shape index (κ1) is 20.4. The second kappa shape index (κ2) is 9.75. The fraction of sp³-hybridized carbons (Fsp3) is 0.136. The fourth-order valence-corrected chi connectivity index (χ4v) is 3.35. The van der Waals surface area contributed by atoms with E-state index in [-0.39, 0.29) is 0 Å². The summed E-state index contributed by atoms with van der Waals surface area (Å²) in [4.78, 5) is 4.50. The molecule has 0 unspecified atom stereocenters. The predicted octanol–water partition coefficient (Wildman–Crippen LogP) is 6.56. The van der Waals surface area contributed by atoms with E-state index in [9.17, 15) is 0 Å². The number of ether oxygens (including phenoxy) is 3. The van der Waals surface area contributed by atoms with Crippen molar-refractivity contribution in [2.75, 3.05) is 14.2 Å². The quantitative estimate of drug-likeness (QED) is 0.342. The first-order valence-corrected chi connectivity index (χ1v) is 10.1. The van der Waals surface area contributed by atoms with Crippen LogP contribution in [0.4, 0.5) is 5.69 Å². The maximum atomic E-state index is 5.98. The second-order valence-corrected chi connectivity index (χ2v) is 7.68. The molecule has 28 heavy (non-hydrogen) atoms. The highest BCUT2D eigenvalue weighted by Crippen LogP contribution is 2.37. The van der Waals surface area contributed by atoms with Crippen LogP contribution in [0.1, 0.15) is 11.1 Å². The maximum Gasteiger partial charge on any atom is 0.175 e. The van der Waals surface area contributed by atoms with Gasteiger partial charge < -0.3 is 14.2 Å². The SMILES string of the molecule is COc1ccc(N=Cc2cc(Br)c(OCc3ccc(Br)cc3)c(OC)c2)cc1. The predicted molar refractivity (Wildman–Crippen MR) is 119 cm³/mol.